The van der Waals surface area contributed by atoms with Crippen molar-refractivity contribution >= 4 is 27.7 Å². The summed E-state index contributed by atoms with van der Waals surface area (Å²) in [5, 5.41) is -0.135. The van der Waals surface area contributed by atoms with Gasteiger partial charge in [0.2, 0.25) is 0 Å². The van der Waals surface area contributed by atoms with E-state index in [0.717, 1.165) is 49.6 Å². The van der Waals surface area contributed by atoms with Crippen molar-refractivity contribution in [3.05, 3.63) is 46.8 Å². The van der Waals surface area contributed by atoms with Crippen LogP contribution in [0.25, 0.3) is 0 Å². The Hall–Kier alpha value is -3.05. The van der Waals surface area contributed by atoms with E-state index in [1.165, 1.54) is 16.7 Å². The molecule has 0 atom stereocenters. The van der Waals surface area contributed by atoms with E-state index < -0.39 is 21.5 Å². The van der Waals surface area contributed by atoms with Gasteiger partial charge < -0.3 is 14.4 Å². The molecule has 11 heteroatoms. The second kappa shape index (κ2) is 8.31. The number of likely N-dealkylation sites (tertiary alicyclic amines) is 1. The van der Waals surface area contributed by atoms with Crippen LogP contribution >= 0.6 is 0 Å². The maximum absolute atomic E-state index is 12.5. The fourth-order valence-electron chi connectivity index (χ4n) is 4.83. The molecule has 0 radical (unpaired) electrons. The van der Waals surface area contributed by atoms with Gasteiger partial charge in [0, 0.05) is 44.3 Å². The van der Waals surface area contributed by atoms with Crippen molar-refractivity contribution in [1.29, 1.82) is 0 Å². The lowest BCUT2D eigenvalue weighted by molar-refractivity contribution is 0.00124. The molecule has 180 valence electrons. The SMILES string of the molecule is Cc1c(CCN2CCC3(CC2)CN(c2cnc(S(C)(=O)=O)cn2)C(=O)O3)ccc2c1COC2=O. The highest BCUT2D eigenvalue weighted by atomic mass is 32.2. The minimum Gasteiger partial charge on any atom is -0.457 e. The molecule has 3 aliphatic rings. The van der Waals surface area contributed by atoms with Crippen LogP contribution in [-0.2, 0) is 32.3 Å². The first-order chi connectivity index (χ1) is 16.2. The molecule has 34 heavy (non-hydrogen) atoms. The van der Waals surface area contributed by atoms with Gasteiger partial charge in [-0.2, -0.15) is 0 Å². The summed E-state index contributed by atoms with van der Waals surface area (Å²) < 4.78 is 34.1. The van der Waals surface area contributed by atoms with E-state index >= 15 is 0 Å². The van der Waals surface area contributed by atoms with E-state index in [4.69, 9.17) is 9.47 Å². The topological polar surface area (TPSA) is 119 Å². The normalized spacial score (nSPS) is 19.9. The van der Waals surface area contributed by atoms with Crippen molar-refractivity contribution in [3.8, 4) is 0 Å². The molecule has 0 aliphatic carbocycles. The summed E-state index contributed by atoms with van der Waals surface area (Å²) in [6, 6.07) is 3.87. The van der Waals surface area contributed by atoms with Crippen LogP contribution in [0.15, 0.2) is 29.6 Å². The Morgan fingerprint density at radius 3 is 2.56 bits per heavy atom. The Balaban J connectivity index is 1.18. The third kappa shape index (κ3) is 4.14. The number of ether oxygens (including phenoxy) is 2. The van der Waals surface area contributed by atoms with Crippen LogP contribution in [0.1, 0.15) is 39.9 Å². The number of aromatic nitrogens is 2. The van der Waals surface area contributed by atoms with Gasteiger partial charge in [0.15, 0.2) is 20.7 Å². The van der Waals surface area contributed by atoms with Crippen LogP contribution in [0.3, 0.4) is 0 Å². The smallest absolute Gasteiger partial charge is 0.416 e. The molecular formula is C23H26N4O6S. The molecule has 0 saturated carbocycles. The van der Waals surface area contributed by atoms with Crippen molar-refractivity contribution in [3.63, 3.8) is 0 Å². The lowest BCUT2D eigenvalue weighted by atomic mass is 9.91. The molecule has 1 spiro atoms. The summed E-state index contributed by atoms with van der Waals surface area (Å²) in [7, 11) is -3.46. The maximum atomic E-state index is 12.5. The molecule has 0 bridgehead atoms. The number of rotatable bonds is 5. The van der Waals surface area contributed by atoms with Gasteiger partial charge in [-0.3, -0.25) is 4.90 Å². The number of amides is 1. The van der Waals surface area contributed by atoms with Gasteiger partial charge in [-0.05, 0) is 30.5 Å². The number of nitrogens with zero attached hydrogens (tertiary/aromatic N) is 4. The highest BCUT2D eigenvalue weighted by Gasteiger charge is 2.48. The number of piperidine rings is 1. The monoisotopic (exact) mass is 486 g/mol. The number of carbonyl (C=O) groups excluding carboxylic acids is 2. The fourth-order valence-corrected chi connectivity index (χ4v) is 5.32. The molecule has 2 fully saturated rings. The summed E-state index contributed by atoms with van der Waals surface area (Å²) >= 11 is 0. The maximum Gasteiger partial charge on any atom is 0.416 e. The van der Waals surface area contributed by atoms with E-state index in [1.807, 2.05) is 19.1 Å². The van der Waals surface area contributed by atoms with Crippen molar-refractivity contribution in [1.82, 2.24) is 14.9 Å². The molecule has 3 aliphatic heterocycles. The van der Waals surface area contributed by atoms with E-state index in [2.05, 4.69) is 14.9 Å². The lowest BCUT2D eigenvalue weighted by Gasteiger charge is -2.37. The van der Waals surface area contributed by atoms with E-state index in [9.17, 15) is 18.0 Å². The zero-order valence-electron chi connectivity index (χ0n) is 19.1. The summed E-state index contributed by atoms with van der Waals surface area (Å²) in [6.07, 6.45) is 5.31. The third-order valence-corrected chi connectivity index (χ3v) is 7.95. The number of sulfone groups is 1. The van der Waals surface area contributed by atoms with Gasteiger partial charge >= 0.3 is 12.1 Å². The Morgan fingerprint density at radius 2 is 1.88 bits per heavy atom. The molecule has 2 aromatic rings. The van der Waals surface area contributed by atoms with Crippen LogP contribution in [0, 0.1) is 6.92 Å². The van der Waals surface area contributed by atoms with Crippen LogP contribution in [0.4, 0.5) is 10.6 Å². The Morgan fingerprint density at radius 1 is 1.12 bits per heavy atom. The summed E-state index contributed by atoms with van der Waals surface area (Å²) in [4.78, 5) is 36.1. The molecule has 2 saturated heterocycles. The largest absolute Gasteiger partial charge is 0.457 e. The number of cyclic esters (lactones) is 1. The predicted molar refractivity (Wildman–Crippen MR) is 121 cm³/mol. The van der Waals surface area contributed by atoms with Gasteiger partial charge in [-0.1, -0.05) is 6.07 Å². The number of hydrogen-bond donors (Lipinski definition) is 0. The van der Waals surface area contributed by atoms with Crippen LogP contribution in [0.2, 0.25) is 0 Å². The molecule has 1 aromatic heterocycles. The zero-order chi connectivity index (χ0) is 24.1. The van der Waals surface area contributed by atoms with Crippen molar-refractivity contribution in [2.75, 3.05) is 37.3 Å². The predicted octanol–water partition coefficient (Wildman–Crippen LogP) is 1.89. The third-order valence-electron chi connectivity index (χ3n) is 6.98. The zero-order valence-corrected chi connectivity index (χ0v) is 19.9. The molecular weight excluding hydrogens is 460 g/mol. The Labute approximate surface area is 197 Å². The molecule has 1 amide bonds. The van der Waals surface area contributed by atoms with E-state index in [0.29, 0.717) is 31.6 Å². The number of hydrogen-bond acceptors (Lipinski definition) is 9. The molecule has 0 unspecified atom stereocenters. The van der Waals surface area contributed by atoms with Gasteiger partial charge in [0.1, 0.15) is 12.2 Å². The highest BCUT2D eigenvalue weighted by molar-refractivity contribution is 7.90. The molecule has 5 rings (SSSR count). The number of carbonyl (C=O) groups is 2. The molecule has 0 N–H and O–H groups in total. The van der Waals surface area contributed by atoms with Gasteiger partial charge in [-0.25, -0.2) is 28.0 Å². The van der Waals surface area contributed by atoms with Gasteiger partial charge in [-0.15, -0.1) is 0 Å². The first-order valence-corrected chi connectivity index (χ1v) is 13.1. The number of fused-ring (bicyclic) bond motifs is 1. The summed E-state index contributed by atoms with van der Waals surface area (Å²) in [6.45, 7) is 5.23. The molecule has 1 aromatic carbocycles. The number of esters is 1. The number of anilines is 1. The second-order valence-electron chi connectivity index (χ2n) is 9.17. The summed E-state index contributed by atoms with van der Waals surface area (Å²) in [5.74, 6) is 0.0368. The standard InChI is InChI=1S/C23H26N4O6S/c1-15-16(3-4-17-18(15)13-32-21(17)28)5-8-26-9-6-23(7-10-26)14-27(22(29)33-23)19-11-25-20(12-24-19)34(2,30)31/h3-4,11-12H,5-10,13-14H2,1-2H3. The summed E-state index contributed by atoms with van der Waals surface area (Å²) in [5.41, 5.74) is 3.42. The average Bonchev–Trinajstić information content (AvgIpc) is 3.34. The van der Waals surface area contributed by atoms with E-state index in [1.54, 1.807) is 0 Å². The highest BCUT2D eigenvalue weighted by Crippen LogP contribution is 2.35. The number of benzene rings is 1. The van der Waals surface area contributed by atoms with E-state index in [-0.39, 0.29) is 16.8 Å². The van der Waals surface area contributed by atoms with Crippen molar-refractivity contribution in [2.45, 2.75) is 43.4 Å². The van der Waals surface area contributed by atoms with Crippen LogP contribution < -0.4 is 4.90 Å². The minimum atomic E-state index is -3.46. The fraction of sp³-hybridized carbons (Fsp3) is 0.478. The van der Waals surface area contributed by atoms with Crippen LogP contribution in [-0.4, -0.2) is 73.4 Å². The Bertz CT molecular complexity index is 1250. The van der Waals surface area contributed by atoms with Crippen LogP contribution in [0.5, 0.6) is 0 Å². The second-order valence-corrected chi connectivity index (χ2v) is 11.1. The quantitative estimate of drug-likeness (QED) is 0.584. The first-order valence-electron chi connectivity index (χ1n) is 11.2. The van der Waals surface area contributed by atoms with Crippen molar-refractivity contribution in [2.24, 2.45) is 0 Å². The van der Waals surface area contributed by atoms with Crippen molar-refractivity contribution < 1.29 is 27.5 Å². The first kappa shape index (κ1) is 22.7. The van der Waals surface area contributed by atoms with Gasteiger partial charge in [0.05, 0.1) is 24.5 Å². The van der Waals surface area contributed by atoms with Gasteiger partial charge in [0.25, 0.3) is 0 Å². The molecule has 10 nitrogen and oxygen atoms in total. The lowest BCUT2D eigenvalue weighted by Crippen LogP contribution is -2.47. The molecule has 4 heterocycles. The minimum absolute atomic E-state index is 0.135. The Kier molecular flexibility index (Phi) is 5.56. The average molecular weight is 487 g/mol.